The predicted molar refractivity (Wildman–Crippen MR) is 72.8 cm³/mol. The highest BCUT2D eigenvalue weighted by molar-refractivity contribution is 7.93. The van der Waals surface area contributed by atoms with E-state index >= 15 is 0 Å². The highest BCUT2D eigenvalue weighted by Gasteiger charge is 2.25. The van der Waals surface area contributed by atoms with Crippen molar-refractivity contribution in [1.29, 1.82) is 0 Å². The molecule has 0 radical (unpaired) electrons. The monoisotopic (exact) mass is 298 g/mol. The summed E-state index contributed by atoms with van der Waals surface area (Å²) in [5.41, 5.74) is 5.12. The van der Waals surface area contributed by atoms with Crippen molar-refractivity contribution in [3.05, 3.63) is 54.1 Å². The quantitative estimate of drug-likeness (QED) is 0.885. The number of nitrogens with zero attached hydrogens (tertiary/aromatic N) is 1. The molecule has 4 nitrogen and oxygen atoms in total. The lowest BCUT2D eigenvalue weighted by atomic mass is 10.3. The van der Waals surface area contributed by atoms with Gasteiger partial charge in [0.25, 0.3) is 10.0 Å². The lowest BCUT2D eigenvalue weighted by molar-refractivity contribution is 0.590. The molecular formula is C13H12F2N2O2S. The van der Waals surface area contributed by atoms with Crippen molar-refractivity contribution < 1.29 is 17.2 Å². The van der Waals surface area contributed by atoms with Crippen LogP contribution in [0.15, 0.2) is 47.4 Å². The first-order valence-electron chi connectivity index (χ1n) is 5.62. The van der Waals surface area contributed by atoms with Crippen molar-refractivity contribution in [2.75, 3.05) is 17.1 Å². The van der Waals surface area contributed by atoms with Gasteiger partial charge in [-0.1, -0.05) is 12.1 Å². The van der Waals surface area contributed by atoms with E-state index in [0.29, 0.717) is 0 Å². The number of rotatable bonds is 3. The molecule has 20 heavy (non-hydrogen) atoms. The topological polar surface area (TPSA) is 63.4 Å². The molecule has 0 atom stereocenters. The molecule has 0 saturated heterocycles. The fraction of sp³-hybridized carbons (Fsp3) is 0.0769. The van der Waals surface area contributed by atoms with E-state index < -0.39 is 27.3 Å². The first-order valence-corrected chi connectivity index (χ1v) is 7.06. The number of halogens is 2. The minimum absolute atomic E-state index is 0.119. The van der Waals surface area contributed by atoms with E-state index in [-0.39, 0.29) is 10.6 Å². The Kier molecular flexibility index (Phi) is 3.63. The zero-order chi connectivity index (χ0) is 14.9. The smallest absolute Gasteiger partial charge is 0.266 e. The fourth-order valence-electron chi connectivity index (χ4n) is 1.70. The molecule has 0 saturated carbocycles. The van der Waals surface area contributed by atoms with E-state index in [2.05, 4.69) is 0 Å². The molecule has 0 spiro atoms. The molecule has 0 unspecified atom stereocenters. The Morgan fingerprint density at radius 2 is 1.75 bits per heavy atom. The van der Waals surface area contributed by atoms with Crippen LogP contribution < -0.4 is 10.0 Å². The van der Waals surface area contributed by atoms with Gasteiger partial charge in [-0.05, 0) is 30.3 Å². The van der Waals surface area contributed by atoms with Crippen LogP contribution >= 0.6 is 0 Å². The molecule has 0 aromatic heterocycles. The first kappa shape index (κ1) is 14.3. The van der Waals surface area contributed by atoms with Crippen LogP contribution in [0.5, 0.6) is 0 Å². The number of sulfonamides is 1. The average molecular weight is 298 g/mol. The summed E-state index contributed by atoms with van der Waals surface area (Å²) in [6, 6.07) is 8.58. The summed E-state index contributed by atoms with van der Waals surface area (Å²) < 4.78 is 52.1. The molecule has 0 bridgehead atoms. The van der Waals surface area contributed by atoms with Crippen molar-refractivity contribution in [2.45, 2.75) is 4.90 Å². The summed E-state index contributed by atoms with van der Waals surface area (Å²) >= 11 is 0. The van der Waals surface area contributed by atoms with Crippen LogP contribution in [-0.4, -0.2) is 15.5 Å². The van der Waals surface area contributed by atoms with Gasteiger partial charge in [-0.15, -0.1) is 0 Å². The first-order chi connectivity index (χ1) is 9.34. The third kappa shape index (κ3) is 2.44. The van der Waals surface area contributed by atoms with Crippen LogP contribution in [0, 0.1) is 11.6 Å². The van der Waals surface area contributed by atoms with Gasteiger partial charge in [0.15, 0.2) is 0 Å². The number of hydrogen-bond donors (Lipinski definition) is 1. The summed E-state index contributed by atoms with van der Waals surface area (Å²) in [4.78, 5) is -0.357. The predicted octanol–water partition coefficient (Wildman–Crippen LogP) is 2.37. The molecule has 106 valence electrons. The largest absolute Gasteiger partial charge is 0.395 e. The van der Waals surface area contributed by atoms with Crippen LogP contribution in [0.3, 0.4) is 0 Å². The van der Waals surface area contributed by atoms with Crippen molar-refractivity contribution in [3.63, 3.8) is 0 Å². The maximum atomic E-state index is 13.4. The molecule has 2 N–H and O–H groups in total. The standard InChI is InChI=1S/C13H12F2N2O2S/c1-17(10-5-2-4-9(14)8-10)20(18,19)12-7-3-6-11(15)13(12)16/h2-8H,16H2,1H3. The Balaban J connectivity index is 2.52. The fourth-order valence-corrected chi connectivity index (χ4v) is 3.01. The molecule has 0 aliphatic heterocycles. The molecule has 0 fully saturated rings. The van der Waals surface area contributed by atoms with Gasteiger partial charge in [-0.3, -0.25) is 4.31 Å². The average Bonchev–Trinajstić information content (AvgIpc) is 2.40. The Bertz CT molecular complexity index is 748. The van der Waals surface area contributed by atoms with Crippen LogP contribution in [-0.2, 0) is 10.0 Å². The Labute approximate surface area is 115 Å². The minimum atomic E-state index is -4.06. The maximum Gasteiger partial charge on any atom is 0.266 e. The van der Waals surface area contributed by atoms with Gasteiger partial charge in [0.1, 0.15) is 16.5 Å². The lowest BCUT2D eigenvalue weighted by Crippen LogP contribution is -2.27. The SMILES string of the molecule is CN(c1cccc(F)c1)S(=O)(=O)c1cccc(F)c1N. The van der Waals surface area contributed by atoms with Crippen molar-refractivity contribution in [1.82, 2.24) is 0 Å². The summed E-state index contributed by atoms with van der Waals surface area (Å²) in [5, 5.41) is 0. The molecule has 7 heteroatoms. The summed E-state index contributed by atoms with van der Waals surface area (Å²) in [6.45, 7) is 0. The van der Waals surface area contributed by atoms with Gasteiger partial charge in [0.2, 0.25) is 0 Å². The summed E-state index contributed by atoms with van der Waals surface area (Å²) in [5.74, 6) is -1.39. The van der Waals surface area contributed by atoms with E-state index in [4.69, 9.17) is 5.73 Å². The van der Waals surface area contributed by atoms with Gasteiger partial charge in [0, 0.05) is 7.05 Å². The second-order valence-corrected chi connectivity index (χ2v) is 6.04. The van der Waals surface area contributed by atoms with E-state index in [1.165, 1.54) is 37.4 Å². The van der Waals surface area contributed by atoms with Crippen LogP contribution in [0.2, 0.25) is 0 Å². The number of hydrogen-bond acceptors (Lipinski definition) is 3. The van der Waals surface area contributed by atoms with Crippen molar-refractivity contribution in [3.8, 4) is 0 Å². The molecule has 0 aliphatic carbocycles. The lowest BCUT2D eigenvalue weighted by Gasteiger charge is -2.20. The third-order valence-electron chi connectivity index (χ3n) is 2.82. The second-order valence-electron chi connectivity index (χ2n) is 4.10. The zero-order valence-electron chi connectivity index (χ0n) is 10.5. The summed E-state index contributed by atoms with van der Waals surface area (Å²) in [7, 11) is -2.82. The van der Waals surface area contributed by atoms with Crippen molar-refractivity contribution in [2.24, 2.45) is 0 Å². The number of para-hydroxylation sites is 1. The molecule has 2 aromatic rings. The molecule has 0 amide bonds. The van der Waals surface area contributed by atoms with Crippen molar-refractivity contribution >= 4 is 21.4 Å². The minimum Gasteiger partial charge on any atom is -0.395 e. The van der Waals surface area contributed by atoms with E-state index in [0.717, 1.165) is 16.4 Å². The van der Waals surface area contributed by atoms with E-state index in [9.17, 15) is 17.2 Å². The Hall–Kier alpha value is -2.15. The summed E-state index contributed by atoms with van der Waals surface area (Å²) in [6.07, 6.45) is 0. The van der Waals surface area contributed by atoms with Gasteiger partial charge < -0.3 is 5.73 Å². The second kappa shape index (κ2) is 5.09. The number of nitrogen functional groups attached to an aromatic ring is 1. The van der Waals surface area contributed by atoms with Crippen LogP contribution in [0.4, 0.5) is 20.2 Å². The molecule has 2 aromatic carbocycles. The highest BCUT2D eigenvalue weighted by Crippen LogP contribution is 2.27. The van der Waals surface area contributed by atoms with Crippen LogP contribution in [0.1, 0.15) is 0 Å². The van der Waals surface area contributed by atoms with Gasteiger partial charge in [-0.2, -0.15) is 0 Å². The Morgan fingerprint density at radius 3 is 2.40 bits per heavy atom. The van der Waals surface area contributed by atoms with Crippen LogP contribution in [0.25, 0.3) is 0 Å². The number of anilines is 2. The molecule has 0 aliphatic rings. The van der Waals surface area contributed by atoms with E-state index in [1.54, 1.807) is 0 Å². The third-order valence-corrected chi connectivity index (χ3v) is 4.67. The molecule has 2 rings (SSSR count). The normalized spacial score (nSPS) is 11.3. The van der Waals surface area contributed by atoms with Gasteiger partial charge in [-0.25, -0.2) is 17.2 Å². The highest BCUT2D eigenvalue weighted by atomic mass is 32.2. The maximum absolute atomic E-state index is 13.4. The number of nitrogens with two attached hydrogens (primary N) is 1. The Morgan fingerprint density at radius 1 is 1.10 bits per heavy atom. The van der Waals surface area contributed by atoms with E-state index in [1.807, 2.05) is 0 Å². The number of benzene rings is 2. The molecule has 0 heterocycles. The van der Waals surface area contributed by atoms with Gasteiger partial charge in [0.05, 0.1) is 11.4 Å². The zero-order valence-corrected chi connectivity index (χ0v) is 11.4. The van der Waals surface area contributed by atoms with Gasteiger partial charge >= 0.3 is 0 Å². The molecular weight excluding hydrogens is 286 g/mol.